The molecule has 5 rings (SSSR count). The van der Waals surface area contributed by atoms with Gasteiger partial charge in [0.05, 0.1) is 22.3 Å². The molecular weight excluding hydrogens is 469 g/mol. The Kier molecular flexibility index (Phi) is 6.38. The summed E-state index contributed by atoms with van der Waals surface area (Å²) in [6.07, 6.45) is 1.65. The van der Waals surface area contributed by atoms with Gasteiger partial charge in [-0.15, -0.1) is 0 Å². The Morgan fingerprint density at radius 3 is 2.64 bits per heavy atom. The lowest BCUT2D eigenvalue weighted by molar-refractivity contribution is -0.137. The van der Waals surface area contributed by atoms with Crippen molar-refractivity contribution >= 4 is 28.5 Å². The maximum Gasteiger partial charge on any atom is 0.416 e. The molecule has 0 radical (unpaired) electrons. The molecule has 9 heteroatoms. The maximum absolute atomic E-state index is 13.1. The van der Waals surface area contributed by atoms with E-state index in [4.69, 9.17) is 4.74 Å². The third kappa shape index (κ3) is 5.19. The Morgan fingerprint density at radius 1 is 1.08 bits per heavy atom. The van der Waals surface area contributed by atoms with Gasteiger partial charge in [0.25, 0.3) is 0 Å². The molecule has 36 heavy (non-hydrogen) atoms. The van der Waals surface area contributed by atoms with Crippen molar-refractivity contribution in [1.29, 1.82) is 0 Å². The summed E-state index contributed by atoms with van der Waals surface area (Å²) in [5.74, 6) is 1.88. The van der Waals surface area contributed by atoms with Crippen molar-refractivity contribution in [3.63, 3.8) is 0 Å². The topological polar surface area (TPSA) is 69.0 Å². The van der Waals surface area contributed by atoms with E-state index in [0.717, 1.165) is 43.3 Å². The average molecular weight is 495 g/mol. The van der Waals surface area contributed by atoms with Gasteiger partial charge in [0.2, 0.25) is 5.95 Å². The van der Waals surface area contributed by atoms with Crippen LogP contribution < -0.4 is 10.1 Å². The van der Waals surface area contributed by atoms with E-state index >= 15 is 0 Å². The van der Waals surface area contributed by atoms with Crippen LogP contribution in [0.3, 0.4) is 0 Å². The van der Waals surface area contributed by atoms with E-state index in [1.54, 1.807) is 48.1 Å². The van der Waals surface area contributed by atoms with Gasteiger partial charge in [-0.3, -0.25) is 9.78 Å². The highest BCUT2D eigenvalue weighted by Crippen LogP contribution is 2.33. The number of nitrogens with zero attached hydrogens (tertiary/aromatic N) is 3. The lowest BCUT2D eigenvalue weighted by Gasteiger charge is -2.10. The Labute approximate surface area is 206 Å². The van der Waals surface area contributed by atoms with Crippen LogP contribution in [-0.4, -0.2) is 20.3 Å². The number of carbonyl (C=O) groups is 1. The van der Waals surface area contributed by atoms with Crippen LogP contribution in [0.15, 0.2) is 60.8 Å². The molecular formula is C27H25F3N4O2. The molecule has 2 aromatic heterocycles. The smallest absolute Gasteiger partial charge is 0.416 e. The molecule has 2 heterocycles. The van der Waals surface area contributed by atoms with E-state index in [1.807, 2.05) is 6.07 Å². The number of carbonyl (C=O) groups excluding carboxylic acids is 1. The van der Waals surface area contributed by atoms with Crippen LogP contribution in [0.5, 0.6) is 11.5 Å². The van der Waals surface area contributed by atoms with Gasteiger partial charge in [0.1, 0.15) is 17.3 Å². The monoisotopic (exact) mass is 494 g/mol. The number of hydrogen-bond acceptors (Lipinski definition) is 5. The number of nitrogens with one attached hydrogen (secondary N) is 1. The number of alkyl halides is 3. The largest absolute Gasteiger partial charge is 0.457 e. The fourth-order valence-corrected chi connectivity index (χ4v) is 4.58. The zero-order valence-corrected chi connectivity index (χ0v) is 19.7. The summed E-state index contributed by atoms with van der Waals surface area (Å²) < 4.78 is 46.9. The van der Waals surface area contributed by atoms with E-state index in [1.165, 1.54) is 6.07 Å². The molecule has 1 aliphatic carbocycles. The minimum atomic E-state index is -4.42. The Bertz CT molecular complexity index is 1410. The van der Waals surface area contributed by atoms with Crippen LogP contribution in [0.25, 0.3) is 11.0 Å². The number of benzene rings is 2. The minimum absolute atomic E-state index is 0.140. The minimum Gasteiger partial charge on any atom is -0.457 e. The number of aryl methyl sites for hydroxylation is 1. The highest BCUT2D eigenvalue weighted by molar-refractivity contribution is 5.83. The Balaban J connectivity index is 1.32. The van der Waals surface area contributed by atoms with Gasteiger partial charge in [-0.2, -0.15) is 13.2 Å². The van der Waals surface area contributed by atoms with Gasteiger partial charge in [-0.05, 0) is 49.2 Å². The third-order valence-corrected chi connectivity index (χ3v) is 6.49. The Hall–Kier alpha value is -3.88. The maximum atomic E-state index is 13.1. The molecule has 2 aromatic carbocycles. The van der Waals surface area contributed by atoms with Crippen LogP contribution >= 0.6 is 0 Å². The van der Waals surface area contributed by atoms with E-state index in [0.29, 0.717) is 35.1 Å². The first-order chi connectivity index (χ1) is 17.3. The van der Waals surface area contributed by atoms with Crippen molar-refractivity contribution < 1.29 is 22.7 Å². The zero-order valence-electron chi connectivity index (χ0n) is 19.7. The first-order valence-electron chi connectivity index (χ1n) is 11.8. The van der Waals surface area contributed by atoms with Crippen LogP contribution in [0, 0.1) is 5.92 Å². The quantitative estimate of drug-likeness (QED) is 0.305. The molecule has 0 unspecified atom stereocenters. The predicted molar refractivity (Wildman–Crippen MR) is 130 cm³/mol. The van der Waals surface area contributed by atoms with Crippen LogP contribution in [-0.2, 0) is 24.4 Å². The number of Topliss-reactive ketones (excluding diaryl/α,β-unsaturated/α-hetero) is 1. The highest BCUT2D eigenvalue weighted by atomic mass is 19.4. The first kappa shape index (κ1) is 23.8. The highest BCUT2D eigenvalue weighted by Gasteiger charge is 2.30. The average Bonchev–Trinajstić information content (AvgIpc) is 3.48. The zero-order chi connectivity index (χ0) is 25.3. The number of fused-ring (bicyclic) bond motifs is 1. The molecule has 1 fully saturated rings. The van der Waals surface area contributed by atoms with Gasteiger partial charge in [0, 0.05) is 43.4 Å². The molecule has 6 nitrogen and oxygen atoms in total. The normalized spacial score (nSPS) is 14.3. The molecule has 4 aromatic rings. The molecule has 0 aliphatic heterocycles. The second kappa shape index (κ2) is 9.64. The fraction of sp³-hybridized carbons (Fsp3) is 0.296. The molecule has 0 spiro atoms. The molecule has 0 atom stereocenters. The molecule has 0 amide bonds. The van der Waals surface area contributed by atoms with E-state index in [-0.39, 0.29) is 17.4 Å². The van der Waals surface area contributed by atoms with Gasteiger partial charge < -0.3 is 14.6 Å². The lowest BCUT2D eigenvalue weighted by Crippen LogP contribution is -2.14. The van der Waals surface area contributed by atoms with Crippen molar-refractivity contribution in [2.75, 3.05) is 5.32 Å². The summed E-state index contributed by atoms with van der Waals surface area (Å²) in [6.45, 7) is 0. The van der Waals surface area contributed by atoms with E-state index < -0.39 is 11.7 Å². The van der Waals surface area contributed by atoms with Crippen LogP contribution in [0.4, 0.5) is 24.8 Å². The van der Waals surface area contributed by atoms with E-state index in [9.17, 15) is 18.0 Å². The summed E-state index contributed by atoms with van der Waals surface area (Å²) in [4.78, 5) is 21.4. The number of halogens is 3. The number of ether oxygens (including phenoxy) is 1. The van der Waals surface area contributed by atoms with Gasteiger partial charge in [0.15, 0.2) is 0 Å². The van der Waals surface area contributed by atoms with Gasteiger partial charge >= 0.3 is 6.18 Å². The predicted octanol–water partition coefficient (Wildman–Crippen LogP) is 6.82. The van der Waals surface area contributed by atoms with Crippen LogP contribution in [0.2, 0.25) is 0 Å². The van der Waals surface area contributed by atoms with Crippen molar-refractivity contribution in [2.45, 2.75) is 38.3 Å². The van der Waals surface area contributed by atoms with Crippen molar-refractivity contribution in [3.05, 3.63) is 72.1 Å². The molecule has 186 valence electrons. The SMILES string of the molecule is Cn1c(Nc2cccc(C(F)(F)F)c2)nc2cc(Oc3ccnc(CC(=O)C4CCCC4)c3)ccc21. The lowest BCUT2D eigenvalue weighted by atomic mass is 9.99. The number of pyridine rings is 1. The third-order valence-electron chi connectivity index (χ3n) is 6.49. The standard InChI is InChI=1S/C27H25F3N4O2/c1-34-24-10-9-21(36-22-11-12-31-20(14-22)15-25(35)17-5-2-3-6-17)16-23(24)33-26(34)32-19-8-4-7-18(13-19)27(28,29)30/h4,7-14,16-17H,2-3,5-6,15H2,1H3,(H,32,33). The Morgan fingerprint density at radius 2 is 1.86 bits per heavy atom. The van der Waals surface area contributed by atoms with Gasteiger partial charge in [-0.1, -0.05) is 18.9 Å². The number of hydrogen-bond donors (Lipinski definition) is 1. The van der Waals surface area contributed by atoms with Crippen LogP contribution in [0.1, 0.15) is 36.9 Å². The number of rotatable bonds is 7. The number of imidazole rings is 1. The number of anilines is 2. The summed E-state index contributed by atoms with van der Waals surface area (Å²) >= 11 is 0. The summed E-state index contributed by atoms with van der Waals surface area (Å²) in [5.41, 5.74) is 1.64. The van der Waals surface area contributed by atoms with Crippen molar-refractivity contribution in [3.8, 4) is 11.5 Å². The number of ketones is 1. The molecule has 1 saturated carbocycles. The molecule has 1 aliphatic rings. The first-order valence-corrected chi connectivity index (χ1v) is 11.8. The van der Waals surface area contributed by atoms with Gasteiger partial charge in [-0.25, -0.2) is 4.98 Å². The molecule has 0 saturated heterocycles. The number of aromatic nitrogens is 3. The van der Waals surface area contributed by atoms with Crippen molar-refractivity contribution in [2.24, 2.45) is 13.0 Å². The second-order valence-corrected chi connectivity index (χ2v) is 9.06. The molecule has 1 N–H and O–H groups in total. The van der Waals surface area contributed by atoms with Crippen molar-refractivity contribution in [1.82, 2.24) is 14.5 Å². The second-order valence-electron chi connectivity index (χ2n) is 9.06. The summed E-state index contributed by atoms with van der Waals surface area (Å²) in [7, 11) is 1.78. The van der Waals surface area contributed by atoms with E-state index in [2.05, 4.69) is 15.3 Å². The summed E-state index contributed by atoms with van der Waals surface area (Å²) in [6, 6.07) is 13.9. The fourth-order valence-electron chi connectivity index (χ4n) is 4.58. The molecule has 0 bridgehead atoms. The summed E-state index contributed by atoms with van der Waals surface area (Å²) in [5, 5.41) is 2.96.